The minimum absolute atomic E-state index is 0.0466. The fourth-order valence-corrected chi connectivity index (χ4v) is 1.90. The Morgan fingerprint density at radius 1 is 1.53 bits per heavy atom. The largest absolute Gasteiger partial charge is 0.397 e. The molecule has 0 spiro atoms. The van der Waals surface area contributed by atoms with Gasteiger partial charge in [-0.2, -0.15) is 0 Å². The van der Waals surface area contributed by atoms with Gasteiger partial charge in [0.15, 0.2) is 5.69 Å². The van der Waals surface area contributed by atoms with E-state index in [0.29, 0.717) is 12.1 Å². The van der Waals surface area contributed by atoms with Gasteiger partial charge in [-0.3, -0.25) is 4.79 Å². The number of rotatable bonds is 5. The molecule has 0 bridgehead atoms. The van der Waals surface area contributed by atoms with Crippen LogP contribution in [0.15, 0.2) is 18.3 Å². The molecule has 0 aliphatic carbocycles. The first kappa shape index (κ1) is 13.4. The summed E-state index contributed by atoms with van der Waals surface area (Å²) < 4.78 is 21.7. The molecular weight excluding hydrogens is 242 g/mol. The van der Waals surface area contributed by atoms with Crippen LogP contribution in [0.3, 0.4) is 0 Å². The quantitative estimate of drug-likeness (QED) is 0.713. The second-order valence-corrected chi connectivity index (χ2v) is 5.94. The molecule has 1 amide bonds. The maximum Gasteiger partial charge on any atom is 0.272 e. The monoisotopic (exact) mass is 257 g/mol. The second-order valence-electron chi connectivity index (χ2n) is 3.68. The molecule has 7 heteroatoms. The smallest absolute Gasteiger partial charge is 0.272 e. The summed E-state index contributed by atoms with van der Waals surface area (Å²) in [5.41, 5.74) is 6.03. The van der Waals surface area contributed by atoms with Gasteiger partial charge in [-0.15, -0.1) is 0 Å². The maximum atomic E-state index is 11.6. The zero-order valence-electron chi connectivity index (χ0n) is 9.51. The van der Waals surface area contributed by atoms with E-state index >= 15 is 0 Å². The molecule has 1 rings (SSSR count). The molecule has 1 heterocycles. The van der Waals surface area contributed by atoms with Gasteiger partial charge in [0.2, 0.25) is 0 Å². The Bertz CT molecular complexity index is 499. The molecule has 1 aromatic rings. The number of nitrogens with zero attached hydrogens (tertiary/aromatic N) is 1. The van der Waals surface area contributed by atoms with E-state index in [-0.39, 0.29) is 18.0 Å². The van der Waals surface area contributed by atoms with Gasteiger partial charge >= 0.3 is 0 Å². The van der Waals surface area contributed by atoms with E-state index in [1.165, 1.54) is 6.20 Å². The van der Waals surface area contributed by atoms with Gasteiger partial charge in [-0.1, -0.05) is 0 Å². The Balaban J connectivity index is 2.44. The summed E-state index contributed by atoms with van der Waals surface area (Å²) in [5.74, 6) is -0.345. The first-order chi connectivity index (χ1) is 7.90. The number of amides is 1. The van der Waals surface area contributed by atoms with Crippen LogP contribution in [0.1, 0.15) is 16.9 Å². The first-order valence-corrected chi connectivity index (χ1v) is 7.12. The highest BCUT2D eigenvalue weighted by molar-refractivity contribution is 7.90. The van der Waals surface area contributed by atoms with Crippen molar-refractivity contribution >= 4 is 21.4 Å². The van der Waals surface area contributed by atoms with Gasteiger partial charge in [0.05, 0.1) is 11.4 Å². The molecule has 3 N–H and O–H groups in total. The summed E-state index contributed by atoms with van der Waals surface area (Å²) >= 11 is 0. The van der Waals surface area contributed by atoms with Gasteiger partial charge in [-0.25, -0.2) is 13.4 Å². The molecule has 0 saturated heterocycles. The Hall–Kier alpha value is -1.63. The van der Waals surface area contributed by atoms with Crippen molar-refractivity contribution < 1.29 is 13.2 Å². The van der Waals surface area contributed by atoms with Crippen LogP contribution in [0.25, 0.3) is 0 Å². The van der Waals surface area contributed by atoms with Crippen LogP contribution in [0.2, 0.25) is 0 Å². The molecule has 0 aliphatic rings. The van der Waals surface area contributed by atoms with Crippen molar-refractivity contribution in [1.82, 2.24) is 10.3 Å². The molecule has 0 fully saturated rings. The van der Waals surface area contributed by atoms with Gasteiger partial charge in [0, 0.05) is 19.0 Å². The van der Waals surface area contributed by atoms with Crippen LogP contribution in [0, 0.1) is 0 Å². The number of nitrogens with one attached hydrogen (secondary N) is 1. The number of carbonyl (C=O) groups excluding carboxylic acids is 1. The van der Waals surface area contributed by atoms with Crippen molar-refractivity contribution in [3.8, 4) is 0 Å². The third-order valence-electron chi connectivity index (χ3n) is 2.03. The SMILES string of the molecule is CS(=O)(=O)CCCNC(=O)c1ncccc1N. The lowest BCUT2D eigenvalue weighted by Gasteiger charge is -2.05. The van der Waals surface area contributed by atoms with E-state index in [0.717, 1.165) is 6.26 Å². The Labute approximate surface area is 100 Å². The normalized spacial score (nSPS) is 11.1. The number of nitrogen functional groups attached to an aromatic ring is 1. The van der Waals surface area contributed by atoms with E-state index in [9.17, 15) is 13.2 Å². The van der Waals surface area contributed by atoms with Crippen LogP contribution >= 0.6 is 0 Å². The molecule has 6 nitrogen and oxygen atoms in total. The van der Waals surface area contributed by atoms with Crippen LogP contribution < -0.4 is 11.1 Å². The topological polar surface area (TPSA) is 102 Å². The van der Waals surface area contributed by atoms with E-state index in [1.54, 1.807) is 12.1 Å². The van der Waals surface area contributed by atoms with Crippen LogP contribution in [-0.4, -0.2) is 37.9 Å². The number of nitrogens with two attached hydrogens (primary N) is 1. The maximum absolute atomic E-state index is 11.6. The fourth-order valence-electron chi connectivity index (χ4n) is 1.23. The molecule has 17 heavy (non-hydrogen) atoms. The molecule has 0 atom stereocenters. The van der Waals surface area contributed by atoms with E-state index < -0.39 is 15.7 Å². The summed E-state index contributed by atoms with van der Waals surface area (Å²) in [5, 5.41) is 2.57. The standard InChI is InChI=1S/C10H15N3O3S/c1-17(15,16)7-3-6-13-10(14)9-8(11)4-2-5-12-9/h2,4-5H,3,6-7,11H2,1H3,(H,13,14). The average Bonchev–Trinajstić information content (AvgIpc) is 2.23. The molecule has 94 valence electrons. The van der Waals surface area contributed by atoms with Gasteiger partial charge in [0.25, 0.3) is 5.91 Å². The molecule has 0 saturated carbocycles. The highest BCUT2D eigenvalue weighted by Crippen LogP contribution is 2.06. The predicted molar refractivity (Wildman–Crippen MR) is 65.3 cm³/mol. The predicted octanol–water partition coefficient (Wildman–Crippen LogP) is -0.172. The van der Waals surface area contributed by atoms with Gasteiger partial charge in [0.1, 0.15) is 9.84 Å². The van der Waals surface area contributed by atoms with Crippen molar-refractivity contribution in [1.29, 1.82) is 0 Å². The lowest BCUT2D eigenvalue weighted by atomic mass is 10.3. The van der Waals surface area contributed by atoms with Crippen molar-refractivity contribution in [2.24, 2.45) is 0 Å². The number of sulfone groups is 1. The van der Waals surface area contributed by atoms with E-state index in [4.69, 9.17) is 5.73 Å². The van der Waals surface area contributed by atoms with Crippen molar-refractivity contribution in [2.45, 2.75) is 6.42 Å². The fraction of sp³-hybridized carbons (Fsp3) is 0.400. The number of hydrogen-bond acceptors (Lipinski definition) is 5. The lowest BCUT2D eigenvalue weighted by Crippen LogP contribution is -2.27. The van der Waals surface area contributed by atoms with E-state index in [2.05, 4.69) is 10.3 Å². The average molecular weight is 257 g/mol. The van der Waals surface area contributed by atoms with Crippen LogP contribution in [0.4, 0.5) is 5.69 Å². The molecule has 0 aliphatic heterocycles. The summed E-state index contributed by atoms with van der Waals surface area (Å²) in [6.45, 7) is 0.280. The Morgan fingerprint density at radius 3 is 2.82 bits per heavy atom. The molecule has 0 aromatic carbocycles. The molecule has 0 radical (unpaired) electrons. The number of aromatic nitrogens is 1. The second kappa shape index (κ2) is 5.62. The number of pyridine rings is 1. The Morgan fingerprint density at radius 2 is 2.24 bits per heavy atom. The first-order valence-electron chi connectivity index (χ1n) is 5.06. The third-order valence-corrected chi connectivity index (χ3v) is 3.06. The molecular formula is C10H15N3O3S. The summed E-state index contributed by atoms with van der Waals surface area (Å²) in [7, 11) is -2.99. The number of anilines is 1. The van der Waals surface area contributed by atoms with E-state index in [1.807, 2.05) is 0 Å². The zero-order chi connectivity index (χ0) is 12.9. The van der Waals surface area contributed by atoms with Crippen LogP contribution in [-0.2, 0) is 9.84 Å². The minimum atomic E-state index is -2.99. The highest BCUT2D eigenvalue weighted by Gasteiger charge is 2.10. The number of carbonyl (C=O) groups is 1. The van der Waals surface area contributed by atoms with Gasteiger partial charge < -0.3 is 11.1 Å². The van der Waals surface area contributed by atoms with Gasteiger partial charge in [-0.05, 0) is 18.6 Å². The third kappa shape index (κ3) is 4.81. The van der Waals surface area contributed by atoms with Crippen molar-refractivity contribution in [3.05, 3.63) is 24.0 Å². The zero-order valence-corrected chi connectivity index (χ0v) is 10.3. The summed E-state index contributed by atoms with van der Waals surface area (Å²) in [6, 6.07) is 3.22. The molecule has 1 aromatic heterocycles. The van der Waals surface area contributed by atoms with Crippen molar-refractivity contribution in [3.63, 3.8) is 0 Å². The summed E-state index contributed by atoms with van der Waals surface area (Å²) in [4.78, 5) is 15.4. The van der Waals surface area contributed by atoms with Crippen molar-refractivity contribution in [2.75, 3.05) is 24.3 Å². The lowest BCUT2D eigenvalue weighted by molar-refractivity contribution is 0.0949. The Kier molecular flexibility index (Phi) is 4.45. The molecule has 0 unspecified atom stereocenters. The number of hydrogen-bond donors (Lipinski definition) is 2. The minimum Gasteiger partial charge on any atom is -0.397 e. The van der Waals surface area contributed by atoms with Crippen LogP contribution in [0.5, 0.6) is 0 Å². The highest BCUT2D eigenvalue weighted by atomic mass is 32.2. The summed E-state index contributed by atoms with van der Waals surface area (Å²) in [6.07, 6.45) is 3.00.